The third kappa shape index (κ3) is 3.99. The van der Waals surface area contributed by atoms with E-state index in [0.29, 0.717) is 13.0 Å². The fourth-order valence-corrected chi connectivity index (χ4v) is 2.03. The summed E-state index contributed by atoms with van der Waals surface area (Å²) in [5, 5.41) is 6.24. The van der Waals surface area contributed by atoms with Crippen molar-refractivity contribution in [3.63, 3.8) is 0 Å². The van der Waals surface area contributed by atoms with Gasteiger partial charge in [0.25, 0.3) is 0 Å². The second-order valence-corrected chi connectivity index (χ2v) is 4.98. The molecule has 2 rings (SSSR count). The minimum Gasteiger partial charge on any atom is -0.398 e. The number of anilines is 3. The van der Waals surface area contributed by atoms with Crippen molar-refractivity contribution in [1.29, 1.82) is 0 Å². The van der Waals surface area contributed by atoms with E-state index in [0.717, 1.165) is 28.2 Å². The van der Waals surface area contributed by atoms with Gasteiger partial charge in [-0.25, -0.2) is 0 Å². The first-order valence-corrected chi connectivity index (χ1v) is 7.08. The second kappa shape index (κ2) is 6.79. The number of hydrogen-bond acceptors (Lipinski definition) is 3. The van der Waals surface area contributed by atoms with Gasteiger partial charge in [-0.3, -0.25) is 4.79 Å². The molecule has 4 N–H and O–H groups in total. The standard InChI is InChI=1S/C17H21N3O/c1-3-17(21)20-14-9-8-12(2)16(10-14)19-11-13-6-4-5-7-15(13)18/h4-10,19H,3,11,18H2,1-2H3,(H,20,21). The fraction of sp³-hybridized carbons (Fsp3) is 0.235. The molecule has 0 bridgehead atoms. The van der Waals surface area contributed by atoms with Crippen LogP contribution in [0.5, 0.6) is 0 Å². The highest BCUT2D eigenvalue weighted by Crippen LogP contribution is 2.22. The Morgan fingerprint density at radius 2 is 1.95 bits per heavy atom. The van der Waals surface area contributed by atoms with Gasteiger partial charge in [0.05, 0.1) is 0 Å². The van der Waals surface area contributed by atoms with E-state index in [9.17, 15) is 4.79 Å². The van der Waals surface area contributed by atoms with Crippen LogP contribution in [-0.2, 0) is 11.3 Å². The number of benzene rings is 2. The highest BCUT2D eigenvalue weighted by Gasteiger charge is 2.04. The van der Waals surface area contributed by atoms with Crippen LogP contribution in [0.1, 0.15) is 24.5 Å². The van der Waals surface area contributed by atoms with Gasteiger partial charge in [-0.1, -0.05) is 31.2 Å². The molecule has 0 aliphatic carbocycles. The summed E-state index contributed by atoms with van der Waals surface area (Å²) in [6.07, 6.45) is 0.469. The fourth-order valence-electron chi connectivity index (χ4n) is 2.03. The first kappa shape index (κ1) is 14.9. The number of carbonyl (C=O) groups excluding carboxylic acids is 1. The Bertz CT molecular complexity index is 638. The Morgan fingerprint density at radius 1 is 1.19 bits per heavy atom. The molecule has 0 aliphatic heterocycles. The molecule has 4 heteroatoms. The molecule has 110 valence electrons. The van der Waals surface area contributed by atoms with Gasteiger partial charge in [-0.05, 0) is 36.2 Å². The average molecular weight is 283 g/mol. The van der Waals surface area contributed by atoms with Crippen LogP contribution in [0.15, 0.2) is 42.5 Å². The molecule has 0 atom stereocenters. The third-order valence-electron chi connectivity index (χ3n) is 3.37. The predicted octanol–water partition coefficient (Wildman–Crippen LogP) is 3.54. The van der Waals surface area contributed by atoms with Crippen molar-refractivity contribution in [3.05, 3.63) is 53.6 Å². The molecule has 21 heavy (non-hydrogen) atoms. The molecule has 0 unspecified atom stereocenters. The molecule has 0 spiro atoms. The Kier molecular flexibility index (Phi) is 4.82. The highest BCUT2D eigenvalue weighted by molar-refractivity contribution is 5.91. The van der Waals surface area contributed by atoms with Crippen molar-refractivity contribution in [1.82, 2.24) is 0 Å². The summed E-state index contributed by atoms with van der Waals surface area (Å²) in [7, 11) is 0. The number of nitrogen functional groups attached to an aromatic ring is 1. The van der Waals surface area contributed by atoms with Gasteiger partial charge in [0.15, 0.2) is 0 Å². The first-order valence-electron chi connectivity index (χ1n) is 7.08. The zero-order chi connectivity index (χ0) is 15.2. The van der Waals surface area contributed by atoms with Crippen LogP contribution < -0.4 is 16.4 Å². The molecular formula is C17H21N3O. The third-order valence-corrected chi connectivity index (χ3v) is 3.37. The Morgan fingerprint density at radius 3 is 2.67 bits per heavy atom. The van der Waals surface area contributed by atoms with Gasteiger partial charge >= 0.3 is 0 Å². The van der Waals surface area contributed by atoms with Gasteiger partial charge in [0.1, 0.15) is 0 Å². The number of nitrogens with one attached hydrogen (secondary N) is 2. The highest BCUT2D eigenvalue weighted by atomic mass is 16.1. The second-order valence-electron chi connectivity index (χ2n) is 4.98. The van der Waals surface area contributed by atoms with E-state index in [1.165, 1.54) is 0 Å². The lowest BCUT2D eigenvalue weighted by molar-refractivity contribution is -0.115. The van der Waals surface area contributed by atoms with Crippen molar-refractivity contribution in [2.24, 2.45) is 0 Å². The Balaban J connectivity index is 2.10. The summed E-state index contributed by atoms with van der Waals surface area (Å²) >= 11 is 0. The van der Waals surface area contributed by atoms with Crippen LogP contribution in [0.25, 0.3) is 0 Å². The monoisotopic (exact) mass is 283 g/mol. The van der Waals surface area contributed by atoms with Gasteiger partial charge in [0, 0.05) is 30.0 Å². The van der Waals surface area contributed by atoms with Crippen molar-refractivity contribution < 1.29 is 4.79 Å². The van der Waals surface area contributed by atoms with Gasteiger partial charge in [0.2, 0.25) is 5.91 Å². The minimum absolute atomic E-state index is 0.0112. The molecule has 4 nitrogen and oxygen atoms in total. The van der Waals surface area contributed by atoms with E-state index in [1.807, 2.05) is 56.3 Å². The maximum Gasteiger partial charge on any atom is 0.224 e. The van der Waals surface area contributed by atoms with Crippen LogP contribution in [-0.4, -0.2) is 5.91 Å². The molecule has 1 amide bonds. The van der Waals surface area contributed by atoms with Crippen LogP contribution >= 0.6 is 0 Å². The summed E-state index contributed by atoms with van der Waals surface area (Å²) < 4.78 is 0. The van der Waals surface area contributed by atoms with Crippen molar-refractivity contribution in [3.8, 4) is 0 Å². The maximum absolute atomic E-state index is 11.5. The zero-order valence-electron chi connectivity index (χ0n) is 12.4. The van der Waals surface area contributed by atoms with Gasteiger partial charge in [-0.2, -0.15) is 0 Å². The molecule has 0 radical (unpaired) electrons. The lowest BCUT2D eigenvalue weighted by Gasteiger charge is -2.13. The maximum atomic E-state index is 11.5. The first-order chi connectivity index (χ1) is 10.1. The number of para-hydroxylation sites is 1. The van der Waals surface area contributed by atoms with Crippen molar-refractivity contribution in [2.75, 3.05) is 16.4 Å². The Hall–Kier alpha value is -2.49. The van der Waals surface area contributed by atoms with Crippen LogP contribution in [0.2, 0.25) is 0 Å². The number of hydrogen-bond donors (Lipinski definition) is 3. The van der Waals surface area contributed by atoms with E-state index in [4.69, 9.17) is 5.73 Å². The molecular weight excluding hydrogens is 262 g/mol. The summed E-state index contributed by atoms with van der Waals surface area (Å²) in [5.41, 5.74) is 10.7. The van der Waals surface area contributed by atoms with Gasteiger partial charge in [-0.15, -0.1) is 0 Å². The number of nitrogens with two attached hydrogens (primary N) is 1. The van der Waals surface area contributed by atoms with Crippen LogP contribution in [0.3, 0.4) is 0 Å². The molecule has 2 aromatic rings. The number of carbonyl (C=O) groups is 1. The molecule has 0 saturated heterocycles. The summed E-state index contributed by atoms with van der Waals surface area (Å²) in [6.45, 7) is 4.52. The lowest BCUT2D eigenvalue weighted by Crippen LogP contribution is -2.10. The van der Waals surface area contributed by atoms with E-state index < -0.39 is 0 Å². The normalized spacial score (nSPS) is 10.2. The van der Waals surface area contributed by atoms with E-state index in [2.05, 4.69) is 10.6 Å². The summed E-state index contributed by atoms with van der Waals surface area (Å²) in [5.74, 6) is 0.0112. The van der Waals surface area contributed by atoms with E-state index in [-0.39, 0.29) is 5.91 Å². The molecule has 0 saturated carbocycles. The molecule has 0 fully saturated rings. The molecule has 2 aromatic carbocycles. The van der Waals surface area contributed by atoms with Crippen molar-refractivity contribution in [2.45, 2.75) is 26.8 Å². The predicted molar refractivity (Wildman–Crippen MR) is 88.3 cm³/mol. The average Bonchev–Trinajstić information content (AvgIpc) is 2.49. The molecule has 0 heterocycles. The molecule has 0 aromatic heterocycles. The van der Waals surface area contributed by atoms with Crippen molar-refractivity contribution >= 4 is 23.0 Å². The summed E-state index contributed by atoms with van der Waals surface area (Å²) in [6, 6.07) is 13.6. The largest absolute Gasteiger partial charge is 0.398 e. The van der Waals surface area contributed by atoms with Crippen LogP contribution in [0.4, 0.5) is 17.1 Å². The summed E-state index contributed by atoms with van der Waals surface area (Å²) in [4.78, 5) is 11.5. The quantitative estimate of drug-likeness (QED) is 0.735. The topological polar surface area (TPSA) is 67.2 Å². The lowest BCUT2D eigenvalue weighted by atomic mass is 10.1. The van der Waals surface area contributed by atoms with Crippen LogP contribution in [0, 0.1) is 6.92 Å². The Labute approximate surface area is 125 Å². The SMILES string of the molecule is CCC(=O)Nc1ccc(C)c(NCc2ccccc2N)c1. The van der Waals surface area contributed by atoms with E-state index >= 15 is 0 Å². The number of rotatable bonds is 5. The van der Waals surface area contributed by atoms with Gasteiger partial charge < -0.3 is 16.4 Å². The molecule has 0 aliphatic rings. The minimum atomic E-state index is 0.0112. The van der Waals surface area contributed by atoms with E-state index in [1.54, 1.807) is 0 Å². The smallest absolute Gasteiger partial charge is 0.224 e. The number of amides is 1. The number of aryl methyl sites for hydroxylation is 1. The zero-order valence-corrected chi connectivity index (χ0v) is 12.4.